The Morgan fingerprint density at radius 1 is 1.30 bits per heavy atom. The smallest absolute Gasteiger partial charge is 0.410 e. The minimum Gasteiger partial charge on any atom is -0.444 e. The summed E-state index contributed by atoms with van der Waals surface area (Å²) in [4.78, 5) is 31.3. The van der Waals surface area contributed by atoms with Crippen LogP contribution in [0.2, 0.25) is 0 Å². The lowest BCUT2D eigenvalue weighted by Crippen LogP contribution is -2.45. The van der Waals surface area contributed by atoms with E-state index >= 15 is 0 Å². The van der Waals surface area contributed by atoms with Gasteiger partial charge in [-0.05, 0) is 33.6 Å². The fraction of sp³-hybridized carbons (Fsp3) is 0.733. The van der Waals surface area contributed by atoms with Gasteiger partial charge in [0.2, 0.25) is 5.91 Å². The maximum atomic E-state index is 12.3. The lowest BCUT2D eigenvalue weighted by molar-refractivity contribution is -0.133. The Hall–Kier alpha value is -2.12. The van der Waals surface area contributed by atoms with Gasteiger partial charge in [0.05, 0.1) is 6.04 Å². The normalized spacial score (nSPS) is 16.3. The van der Waals surface area contributed by atoms with Crippen LogP contribution < -0.4 is 0 Å². The third kappa shape index (κ3) is 4.94. The van der Waals surface area contributed by atoms with Gasteiger partial charge in [-0.3, -0.25) is 4.79 Å². The molecule has 2 heterocycles. The number of carbonyl (C=O) groups is 2. The second-order valence-corrected chi connectivity index (χ2v) is 6.82. The van der Waals surface area contributed by atoms with Crippen molar-refractivity contribution in [3.05, 3.63) is 12.7 Å². The molecule has 0 aliphatic carbocycles. The number of likely N-dealkylation sites (N-methyl/N-ethyl adjacent to an activating group) is 1. The van der Waals surface area contributed by atoms with Crippen molar-refractivity contribution in [2.75, 3.05) is 26.7 Å². The van der Waals surface area contributed by atoms with Crippen molar-refractivity contribution in [2.45, 2.75) is 45.3 Å². The predicted molar refractivity (Wildman–Crippen MR) is 83.7 cm³/mol. The third-order valence-electron chi connectivity index (χ3n) is 3.71. The van der Waals surface area contributed by atoms with E-state index in [9.17, 15) is 9.59 Å². The van der Waals surface area contributed by atoms with E-state index in [1.165, 1.54) is 11.2 Å². The molecule has 23 heavy (non-hydrogen) atoms. The summed E-state index contributed by atoms with van der Waals surface area (Å²) < 4.78 is 7.09. The molecule has 0 radical (unpaired) electrons. The highest BCUT2D eigenvalue weighted by Crippen LogP contribution is 2.21. The zero-order valence-corrected chi connectivity index (χ0v) is 14.2. The molecule has 0 atom stereocenters. The summed E-state index contributed by atoms with van der Waals surface area (Å²) in [5.74, 6) is -0.0598. The fourth-order valence-corrected chi connectivity index (χ4v) is 2.49. The summed E-state index contributed by atoms with van der Waals surface area (Å²) in [5, 5.41) is 4.15. The van der Waals surface area contributed by atoms with Gasteiger partial charge in [0.25, 0.3) is 0 Å². The van der Waals surface area contributed by atoms with Crippen LogP contribution in [-0.2, 0) is 9.53 Å². The lowest BCUT2D eigenvalue weighted by atomic mass is 10.1. The number of piperidine rings is 1. The van der Waals surface area contributed by atoms with Crippen LogP contribution in [0, 0.1) is 0 Å². The van der Waals surface area contributed by atoms with Crippen LogP contribution in [0.4, 0.5) is 4.79 Å². The molecule has 8 nitrogen and oxygen atoms in total. The van der Waals surface area contributed by atoms with Gasteiger partial charge in [-0.2, -0.15) is 5.10 Å². The number of carbonyl (C=O) groups excluding carboxylic acids is 2. The number of hydrogen-bond acceptors (Lipinski definition) is 5. The van der Waals surface area contributed by atoms with E-state index in [2.05, 4.69) is 10.1 Å². The second kappa shape index (κ2) is 6.97. The van der Waals surface area contributed by atoms with Crippen molar-refractivity contribution < 1.29 is 14.3 Å². The minimum atomic E-state index is -0.565. The van der Waals surface area contributed by atoms with Gasteiger partial charge in [0.1, 0.15) is 24.8 Å². The molecule has 1 aliphatic heterocycles. The second-order valence-electron chi connectivity index (χ2n) is 6.82. The van der Waals surface area contributed by atoms with Crippen molar-refractivity contribution in [3.63, 3.8) is 0 Å². The molecule has 0 saturated carbocycles. The number of aromatic nitrogens is 3. The van der Waals surface area contributed by atoms with Crippen LogP contribution in [0.25, 0.3) is 0 Å². The van der Waals surface area contributed by atoms with E-state index in [1.54, 1.807) is 39.0 Å². The number of rotatable bonds is 3. The standard InChI is InChI=1S/C15H25N5O3/c1-15(2,3)23-14(22)18(4)9-13(21)19-7-5-12(6-8-19)20-11-16-10-17-20/h10-12H,5-9H2,1-4H3. The van der Waals surface area contributed by atoms with E-state index in [4.69, 9.17) is 4.74 Å². The highest BCUT2D eigenvalue weighted by molar-refractivity contribution is 5.82. The summed E-state index contributed by atoms with van der Waals surface area (Å²) in [6.07, 6.45) is 4.42. The summed E-state index contributed by atoms with van der Waals surface area (Å²) in [7, 11) is 1.58. The first-order valence-electron chi connectivity index (χ1n) is 7.82. The van der Waals surface area contributed by atoms with Gasteiger partial charge in [-0.1, -0.05) is 0 Å². The van der Waals surface area contributed by atoms with Gasteiger partial charge in [-0.15, -0.1) is 0 Å². The molecule has 1 fully saturated rings. The molecule has 1 saturated heterocycles. The monoisotopic (exact) mass is 323 g/mol. The van der Waals surface area contributed by atoms with Crippen molar-refractivity contribution in [3.8, 4) is 0 Å². The molecule has 1 aromatic rings. The van der Waals surface area contributed by atoms with E-state index in [0.717, 1.165) is 12.8 Å². The van der Waals surface area contributed by atoms with Crippen LogP contribution >= 0.6 is 0 Å². The van der Waals surface area contributed by atoms with Crippen LogP contribution in [0.1, 0.15) is 39.7 Å². The number of hydrogen-bond donors (Lipinski definition) is 0. The largest absolute Gasteiger partial charge is 0.444 e. The van der Waals surface area contributed by atoms with Crippen LogP contribution in [0.5, 0.6) is 0 Å². The van der Waals surface area contributed by atoms with Crippen molar-refractivity contribution in [1.29, 1.82) is 0 Å². The van der Waals surface area contributed by atoms with Crippen LogP contribution in [0.15, 0.2) is 12.7 Å². The van der Waals surface area contributed by atoms with Crippen molar-refractivity contribution in [2.24, 2.45) is 0 Å². The van der Waals surface area contributed by atoms with Gasteiger partial charge in [-0.25, -0.2) is 14.5 Å². The topological polar surface area (TPSA) is 80.6 Å². The van der Waals surface area contributed by atoms with E-state index < -0.39 is 11.7 Å². The molecule has 0 spiro atoms. The molecule has 0 unspecified atom stereocenters. The summed E-state index contributed by atoms with van der Waals surface area (Å²) in [6.45, 7) is 6.75. The third-order valence-corrected chi connectivity index (χ3v) is 3.71. The molecule has 0 bridgehead atoms. The Morgan fingerprint density at radius 2 is 1.96 bits per heavy atom. The maximum Gasteiger partial charge on any atom is 0.410 e. The molecule has 0 N–H and O–H groups in total. The van der Waals surface area contributed by atoms with E-state index in [-0.39, 0.29) is 18.5 Å². The lowest BCUT2D eigenvalue weighted by Gasteiger charge is -2.33. The Morgan fingerprint density at radius 3 is 2.48 bits per heavy atom. The Labute approximate surface area is 136 Å². The molecule has 2 rings (SSSR count). The molecule has 8 heteroatoms. The van der Waals surface area contributed by atoms with Crippen LogP contribution in [-0.4, -0.2) is 68.8 Å². The molecule has 1 aromatic heterocycles. The van der Waals surface area contributed by atoms with Gasteiger partial charge in [0, 0.05) is 20.1 Å². The Bertz CT molecular complexity index is 530. The predicted octanol–water partition coefficient (Wildman–Crippen LogP) is 1.31. The summed E-state index contributed by atoms with van der Waals surface area (Å²) >= 11 is 0. The van der Waals surface area contributed by atoms with Gasteiger partial charge < -0.3 is 14.5 Å². The molecule has 2 amide bonds. The molecular formula is C15H25N5O3. The van der Waals surface area contributed by atoms with Crippen LogP contribution in [0.3, 0.4) is 0 Å². The van der Waals surface area contributed by atoms with E-state index in [0.29, 0.717) is 13.1 Å². The van der Waals surface area contributed by atoms with Crippen molar-refractivity contribution >= 4 is 12.0 Å². The number of nitrogens with zero attached hydrogens (tertiary/aromatic N) is 5. The average Bonchev–Trinajstić information content (AvgIpc) is 2.99. The highest BCUT2D eigenvalue weighted by atomic mass is 16.6. The fourth-order valence-electron chi connectivity index (χ4n) is 2.49. The highest BCUT2D eigenvalue weighted by Gasteiger charge is 2.27. The van der Waals surface area contributed by atoms with Gasteiger partial charge >= 0.3 is 6.09 Å². The number of likely N-dealkylation sites (tertiary alicyclic amines) is 1. The average molecular weight is 323 g/mol. The maximum absolute atomic E-state index is 12.3. The molecule has 0 aromatic carbocycles. The molecule has 1 aliphatic rings. The number of amides is 2. The van der Waals surface area contributed by atoms with E-state index in [1.807, 2.05) is 4.68 Å². The first-order chi connectivity index (χ1) is 10.8. The number of ether oxygens (including phenoxy) is 1. The van der Waals surface area contributed by atoms with Gasteiger partial charge in [0.15, 0.2) is 0 Å². The SMILES string of the molecule is CN(CC(=O)N1CCC(n2cncn2)CC1)C(=O)OC(C)(C)C. The van der Waals surface area contributed by atoms with Crippen molar-refractivity contribution in [1.82, 2.24) is 24.6 Å². The first-order valence-corrected chi connectivity index (χ1v) is 7.82. The first kappa shape index (κ1) is 17.2. The zero-order chi connectivity index (χ0) is 17.0. The molecular weight excluding hydrogens is 298 g/mol. The minimum absolute atomic E-state index is 0.0307. The quantitative estimate of drug-likeness (QED) is 0.838. The Balaban J connectivity index is 1.79. The molecule has 128 valence electrons. The summed E-state index contributed by atoms with van der Waals surface area (Å²) in [5.41, 5.74) is -0.565. The Kier molecular flexibility index (Phi) is 5.23. The summed E-state index contributed by atoms with van der Waals surface area (Å²) in [6, 6.07) is 0.283. The zero-order valence-electron chi connectivity index (χ0n) is 14.2.